The first-order valence-electron chi connectivity index (χ1n) is 5.04. The number of nitrogens with two attached hydrogens (primary N) is 1. The van der Waals surface area contributed by atoms with Crippen molar-refractivity contribution < 1.29 is 22.3 Å². The molecule has 0 saturated carbocycles. The molecule has 7 heteroatoms. The van der Waals surface area contributed by atoms with E-state index in [1.165, 1.54) is 18.2 Å². The fourth-order valence-corrected chi connectivity index (χ4v) is 1.26. The third-order valence-electron chi connectivity index (χ3n) is 2.27. The summed E-state index contributed by atoms with van der Waals surface area (Å²) in [6.45, 7) is -1.10. The Balaban J connectivity index is 2.55. The van der Waals surface area contributed by atoms with Crippen LogP contribution in [-0.4, -0.2) is 18.6 Å². The van der Waals surface area contributed by atoms with Crippen LogP contribution >= 0.6 is 0 Å². The van der Waals surface area contributed by atoms with Gasteiger partial charge in [-0.15, -0.1) is 0 Å². The highest BCUT2D eigenvalue weighted by Gasteiger charge is 2.42. The van der Waals surface area contributed by atoms with Gasteiger partial charge < -0.3 is 10.5 Å². The van der Waals surface area contributed by atoms with Crippen LogP contribution in [0.2, 0.25) is 0 Å². The van der Waals surface area contributed by atoms with Crippen LogP contribution in [0.3, 0.4) is 0 Å². The summed E-state index contributed by atoms with van der Waals surface area (Å²) in [6, 6.07) is 5.61. The first-order valence-corrected chi connectivity index (χ1v) is 5.04. The maximum atomic E-state index is 13.1. The van der Waals surface area contributed by atoms with E-state index < -0.39 is 30.4 Å². The second-order valence-electron chi connectivity index (χ2n) is 3.66. The third-order valence-corrected chi connectivity index (χ3v) is 2.27. The molecule has 0 radical (unpaired) electrons. The molecule has 0 amide bonds. The zero-order chi connectivity index (χ0) is 13.8. The van der Waals surface area contributed by atoms with E-state index in [0.29, 0.717) is 0 Å². The maximum absolute atomic E-state index is 13.1. The van der Waals surface area contributed by atoms with Crippen LogP contribution in [0.1, 0.15) is 5.56 Å². The number of halogens is 4. The summed E-state index contributed by atoms with van der Waals surface area (Å²) >= 11 is 0. The lowest BCUT2D eigenvalue weighted by Crippen LogP contribution is -2.38. The number of nitrogens with one attached hydrogen (secondary N) is 1. The average molecular weight is 264 g/mol. The first kappa shape index (κ1) is 14.4. The summed E-state index contributed by atoms with van der Waals surface area (Å²) in [5.41, 5.74) is 5.00. The van der Waals surface area contributed by atoms with Crippen molar-refractivity contribution in [2.24, 2.45) is 11.7 Å². The molecule has 0 spiro atoms. The summed E-state index contributed by atoms with van der Waals surface area (Å²) in [7, 11) is 0. The van der Waals surface area contributed by atoms with Crippen LogP contribution in [0.25, 0.3) is 0 Å². The summed E-state index contributed by atoms with van der Waals surface area (Å²) in [4.78, 5) is 0. The highest BCUT2D eigenvalue weighted by Crippen LogP contribution is 2.26. The zero-order valence-corrected chi connectivity index (χ0v) is 9.30. The van der Waals surface area contributed by atoms with Gasteiger partial charge in [0.25, 0.3) is 0 Å². The largest absolute Gasteiger partial charge is 0.400 e. The fourth-order valence-electron chi connectivity index (χ4n) is 1.26. The van der Waals surface area contributed by atoms with Crippen LogP contribution in [0, 0.1) is 17.1 Å². The van der Waals surface area contributed by atoms with Crippen LogP contribution in [0.15, 0.2) is 24.3 Å². The average Bonchev–Trinajstić information content (AvgIpc) is 2.24. The number of ether oxygens (including phenoxy) is 1. The summed E-state index contributed by atoms with van der Waals surface area (Å²) in [5, 5.41) is 6.84. The zero-order valence-electron chi connectivity index (χ0n) is 9.30. The SMILES string of the molecule is N=C(N)C(COCc1ccccc1F)C(F)(F)F. The van der Waals surface area contributed by atoms with Gasteiger partial charge in [0.2, 0.25) is 0 Å². The van der Waals surface area contributed by atoms with Crippen LogP contribution in [0.5, 0.6) is 0 Å². The Hall–Kier alpha value is -1.63. The van der Waals surface area contributed by atoms with E-state index in [1.54, 1.807) is 6.07 Å². The van der Waals surface area contributed by atoms with Gasteiger partial charge in [0.15, 0.2) is 0 Å². The molecule has 0 bridgehead atoms. The molecule has 0 aliphatic carbocycles. The Morgan fingerprint density at radius 1 is 1.33 bits per heavy atom. The molecule has 1 aromatic rings. The molecule has 100 valence electrons. The van der Waals surface area contributed by atoms with Crippen molar-refractivity contribution in [3.63, 3.8) is 0 Å². The maximum Gasteiger partial charge on any atom is 0.400 e. The van der Waals surface area contributed by atoms with Crippen molar-refractivity contribution in [1.29, 1.82) is 5.41 Å². The van der Waals surface area contributed by atoms with E-state index in [4.69, 9.17) is 15.9 Å². The molecular weight excluding hydrogens is 252 g/mol. The van der Waals surface area contributed by atoms with Crippen molar-refractivity contribution in [3.8, 4) is 0 Å². The van der Waals surface area contributed by atoms with E-state index in [-0.39, 0.29) is 12.2 Å². The van der Waals surface area contributed by atoms with Crippen molar-refractivity contribution in [2.45, 2.75) is 12.8 Å². The number of alkyl halides is 3. The number of hydrogen-bond acceptors (Lipinski definition) is 2. The van der Waals surface area contributed by atoms with Crippen molar-refractivity contribution in [2.75, 3.05) is 6.61 Å². The Morgan fingerprint density at radius 2 is 1.94 bits per heavy atom. The van der Waals surface area contributed by atoms with Crippen LogP contribution in [0.4, 0.5) is 17.6 Å². The smallest absolute Gasteiger partial charge is 0.387 e. The van der Waals surface area contributed by atoms with Gasteiger partial charge in [0.1, 0.15) is 17.6 Å². The fraction of sp³-hybridized carbons (Fsp3) is 0.364. The van der Waals surface area contributed by atoms with Gasteiger partial charge in [-0.25, -0.2) is 4.39 Å². The molecule has 1 unspecified atom stereocenters. The first-order chi connectivity index (χ1) is 8.32. The van der Waals surface area contributed by atoms with Crippen molar-refractivity contribution in [1.82, 2.24) is 0 Å². The normalized spacial score (nSPS) is 13.3. The Morgan fingerprint density at radius 3 is 2.44 bits per heavy atom. The van der Waals surface area contributed by atoms with Gasteiger partial charge in [0.05, 0.1) is 13.2 Å². The van der Waals surface area contributed by atoms with Gasteiger partial charge in [-0.2, -0.15) is 13.2 Å². The standard InChI is InChI=1S/C11H12F4N2O/c12-9-4-2-1-3-7(9)5-18-6-8(10(16)17)11(13,14)15/h1-4,8H,5-6H2,(H3,16,17). The number of benzene rings is 1. The minimum Gasteiger partial charge on any atom is -0.387 e. The molecule has 1 atom stereocenters. The molecular formula is C11H12F4N2O. The number of hydrogen-bond donors (Lipinski definition) is 2. The number of amidine groups is 1. The summed E-state index contributed by atoms with van der Waals surface area (Å²) < 4.78 is 55.1. The Labute approximate surface area is 101 Å². The Bertz CT molecular complexity index is 420. The van der Waals surface area contributed by atoms with Gasteiger partial charge >= 0.3 is 6.18 Å². The highest BCUT2D eigenvalue weighted by atomic mass is 19.4. The van der Waals surface area contributed by atoms with E-state index in [1.807, 2.05) is 0 Å². The molecule has 0 aliphatic heterocycles. The molecule has 0 heterocycles. The minimum atomic E-state index is -4.64. The summed E-state index contributed by atoms with van der Waals surface area (Å²) in [6.07, 6.45) is -4.64. The third kappa shape index (κ3) is 3.99. The molecule has 3 nitrogen and oxygen atoms in total. The lowest BCUT2D eigenvalue weighted by molar-refractivity contribution is -0.169. The van der Waals surface area contributed by atoms with E-state index >= 15 is 0 Å². The van der Waals surface area contributed by atoms with E-state index in [2.05, 4.69) is 0 Å². The van der Waals surface area contributed by atoms with Crippen LogP contribution < -0.4 is 5.73 Å². The second-order valence-corrected chi connectivity index (χ2v) is 3.66. The predicted octanol–water partition coefficient (Wildman–Crippen LogP) is 2.46. The molecule has 1 rings (SSSR count). The van der Waals surface area contributed by atoms with Gasteiger partial charge in [0, 0.05) is 5.56 Å². The molecule has 1 aromatic carbocycles. The molecule has 0 saturated heterocycles. The minimum absolute atomic E-state index is 0.155. The summed E-state index contributed by atoms with van der Waals surface area (Å²) in [5.74, 6) is -3.73. The molecule has 0 fully saturated rings. The quantitative estimate of drug-likeness (QED) is 0.487. The van der Waals surface area contributed by atoms with E-state index in [9.17, 15) is 17.6 Å². The topological polar surface area (TPSA) is 59.1 Å². The van der Waals surface area contributed by atoms with Gasteiger partial charge in [-0.05, 0) is 6.07 Å². The predicted molar refractivity (Wildman–Crippen MR) is 57.5 cm³/mol. The van der Waals surface area contributed by atoms with Crippen molar-refractivity contribution >= 4 is 5.84 Å². The second kappa shape index (κ2) is 5.81. The molecule has 0 aliphatic rings. The molecule has 18 heavy (non-hydrogen) atoms. The van der Waals surface area contributed by atoms with Gasteiger partial charge in [-0.3, -0.25) is 5.41 Å². The number of rotatable bonds is 5. The highest BCUT2D eigenvalue weighted by molar-refractivity contribution is 5.80. The Kier molecular flexibility index (Phi) is 4.66. The lowest BCUT2D eigenvalue weighted by Gasteiger charge is -2.18. The van der Waals surface area contributed by atoms with Crippen molar-refractivity contribution in [3.05, 3.63) is 35.6 Å². The molecule has 3 N–H and O–H groups in total. The van der Waals surface area contributed by atoms with Crippen LogP contribution in [-0.2, 0) is 11.3 Å². The monoisotopic (exact) mass is 264 g/mol. The molecule has 0 aromatic heterocycles. The lowest BCUT2D eigenvalue weighted by atomic mass is 10.1. The van der Waals surface area contributed by atoms with Gasteiger partial charge in [-0.1, -0.05) is 18.2 Å². The van der Waals surface area contributed by atoms with E-state index in [0.717, 1.165) is 0 Å².